The van der Waals surface area contributed by atoms with Gasteiger partial charge in [-0.15, -0.1) is 6.42 Å². The number of rotatable bonds is 7. The summed E-state index contributed by atoms with van der Waals surface area (Å²) >= 11 is 0. The second-order valence-corrected chi connectivity index (χ2v) is 10.2. The number of allylic oxidation sites excluding steroid dienone is 1. The molecule has 176 valence electrons. The molecule has 11 heteroatoms. The molecule has 0 radical (unpaired) electrons. The summed E-state index contributed by atoms with van der Waals surface area (Å²) in [6.07, 6.45) is 5.47. The first-order valence-corrected chi connectivity index (χ1v) is 11.9. The number of hydrogen-bond acceptors (Lipinski definition) is 9. The summed E-state index contributed by atoms with van der Waals surface area (Å²) in [5.41, 5.74) is -1.18. The Kier molecular flexibility index (Phi) is 7.28. The number of phosphoric acid groups is 1. The third-order valence-corrected chi connectivity index (χ3v) is 6.80. The van der Waals surface area contributed by atoms with E-state index in [1.54, 1.807) is 27.7 Å². The van der Waals surface area contributed by atoms with Crippen LogP contribution >= 0.6 is 7.82 Å². The quantitative estimate of drug-likeness (QED) is 0.239. The molecule has 0 spiro atoms. The highest BCUT2D eigenvalue weighted by Gasteiger charge is 2.61. The molecule has 0 aromatic rings. The minimum Gasteiger partial charge on any atom is -0.463 e. The standard InChI is InChI=1S/C21H28NO9P/c1-6-21(5)19-16(30-20(21)22-8-7-15(23)10-17(22)24)12-28-32(26,31-19)27-11-14(4)9-18(25)29-13(2)3/h1,7-8,13-14,16,19-20H,9-12H2,2-5H3/t14?,16-,19-,20-,21-,32+/m1/s1. The van der Waals surface area contributed by atoms with Gasteiger partial charge >= 0.3 is 13.8 Å². The molecule has 2 fully saturated rings. The second kappa shape index (κ2) is 9.46. The summed E-state index contributed by atoms with van der Waals surface area (Å²) in [7, 11) is -4.00. The predicted octanol–water partition coefficient (Wildman–Crippen LogP) is 2.18. The van der Waals surface area contributed by atoms with Crippen LogP contribution in [0.5, 0.6) is 0 Å². The molecular weight excluding hydrogens is 441 g/mol. The zero-order chi connectivity index (χ0) is 23.7. The molecule has 10 nitrogen and oxygen atoms in total. The van der Waals surface area contributed by atoms with Crippen molar-refractivity contribution in [2.24, 2.45) is 11.3 Å². The molecule has 1 amide bonds. The number of carbonyl (C=O) groups is 3. The third-order valence-electron chi connectivity index (χ3n) is 5.38. The first-order valence-electron chi connectivity index (χ1n) is 10.4. The van der Waals surface area contributed by atoms with E-state index in [0.717, 1.165) is 0 Å². The number of carbonyl (C=O) groups excluding carboxylic acids is 3. The van der Waals surface area contributed by atoms with Gasteiger partial charge in [-0.05, 0) is 32.8 Å². The zero-order valence-electron chi connectivity index (χ0n) is 18.5. The van der Waals surface area contributed by atoms with E-state index in [-0.39, 0.29) is 49.8 Å². The fourth-order valence-electron chi connectivity index (χ4n) is 3.75. The highest BCUT2D eigenvalue weighted by atomic mass is 31.2. The first kappa shape index (κ1) is 24.6. The largest absolute Gasteiger partial charge is 0.475 e. The normalized spacial score (nSPS) is 35.5. The van der Waals surface area contributed by atoms with Crippen molar-refractivity contribution in [3.8, 4) is 12.3 Å². The summed E-state index contributed by atoms with van der Waals surface area (Å²) in [5, 5.41) is 0. The van der Waals surface area contributed by atoms with Crippen molar-refractivity contribution in [2.45, 2.75) is 65.1 Å². The number of amides is 1. The van der Waals surface area contributed by atoms with Crippen molar-refractivity contribution in [1.82, 2.24) is 4.90 Å². The number of terminal acetylenes is 1. The van der Waals surface area contributed by atoms with E-state index in [0.29, 0.717) is 0 Å². The van der Waals surface area contributed by atoms with E-state index in [9.17, 15) is 18.9 Å². The molecule has 32 heavy (non-hydrogen) atoms. The second-order valence-electron chi connectivity index (χ2n) is 8.63. The van der Waals surface area contributed by atoms with Gasteiger partial charge in [0.2, 0.25) is 5.91 Å². The predicted molar refractivity (Wildman–Crippen MR) is 111 cm³/mol. The number of ether oxygens (including phenoxy) is 2. The van der Waals surface area contributed by atoms with Gasteiger partial charge < -0.3 is 9.47 Å². The Morgan fingerprint density at radius 1 is 1.41 bits per heavy atom. The number of hydrogen-bond donors (Lipinski definition) is 0. The van der Waals surface area contributed by atoms with Crippen molar-refractivity contribution in [3.63, 3.8) is 0 Å². The summed E-state index contributed by atoms with van der Waals surface area (Å²) in [6.45, 7) is 6.72. The maximum atomic E-state index is 13.1. The molecule has 0 N–H and O–H groups in total. The summed E-state index contributed by atoms with van der Waals surface area (Å²) in [6, 6.07) is 0. The van der Waals surface area contributed by atoms with Crippen LogP contribution in [0.2, 0.25) is 0 Å². The molecule has 0 aromatic carbocycles. The lowest BCUT2D eigenvalue weighted by atomic mass is 9.82. The highest BCUT2D eigenvalue weighted by molar-refractivity contribution is 7.48. The SMILES string of the molecule is C#C[C@]1(C)[C@@H]2O[P@@](=O)(OCC(C)CC(=O)OC(C)C)OC[C@H]2O[C@H]1N1C=CC(=O)CC1=O. The average Bonchev–Trinajstić information content (AvgIpc) is 2.98. The highest BCUT2D eigenvalue weighted by Crippen LogP contribution is 2.59. The van der Waals surface area contributed by atoms with Crippen molar-refractivity contribution in [3.05, 3.63) is 12.3 Å². The van der Waals surface area contributed by atoms with Gasteiger partial charge in [0.1, 0.15) is 17.6 Å². The van der Waals surface area contributed by atoms with Crippen LogP contribution in [0, 0.1) is 23.7 Å². The van der Waals surface area contributed by atoms with Gasteiger partial charge in [0.25, 0.3) is 0 Å². The number of fused-ring (bicyclic) bond motifs is 1. The van der Waals surface area contributed by atoms with Crippen molar-refractivity contribution in [1.29, 1.82) is 0 Å². The third kappa shape index (κ3) is 5.13. The molecule has 0 aromatic heterocycles. The Labute approximate surface area is 187 Å². The molecule has 6 atom stereocenters. The van der Waals surface area contributed by atoms with Crippen LogP contribution in [0.15, 0.2) is 12.3 Å². The van der Waals surface area contributed by atoms with E-state index in [1.165, 1.54) is 17.2 Å². The van der Waals surface area contributed by atoms with Gasteiger partial charge in [0.05, 0.1) is 32.2 Å². The lowest BCUT2D eigenvalue weighted by Crippen LogP contribution is -2.49. The molecule has 0 saturated carbocycles. The van der Waals surface area contributed by atoms with Gasteiger partial charge in [-0.25, -0.2) is 4.57 Å². The number of phosphoric ester groups is 1. The van der Waals surface area contributed by atoms with Crippen LogP contribution in [-0.2, 0) is 42.0 Å². The summed E-state index contributed by atoms with van der Waals surface area (Å²) in [5.74, 6) is 1.16. The van der Waals surface area contributed by atoms with Crippen LogP contribution in [0.4, 0.5) is 0 Å². The van der Waals surface area contributed by atoms with Gasteiger partial charge in [-0.2, -0.15) is 0 Å². The fraction of sp³-hybridized carbons (Fsp3) is 0.667. The Bertz CT molecular complexity index is 894. The van der Waals surface area contributed by atoms with Crippen LogP contribution in [0.1, 0.15) is 40.5 Å². The maximum absolute atomic E-state index is 13.1. The Morgan fingerprint density at radius 2 is 2.12 bits per heavy atom. The molecule has 3 rings (SSSR count). The number of nitrogens with zero attached hydrogens (tertiary/aromatic N) is 1. The molecule has 3 aliphatic heterocycles. The van der Waals surface area contributed by atoms with Crippen molar-refractivity contribution in [2.75, 3.05) is 13.2 Å². The Morgan fingerprint density at radius 3 is 2.75 bits per heavy atom. The van der Waals surface area contributed by atoms with Gasteiger partial charge in [-0.1, -0.05) is 12.8 Å². The first-order chi connectivity index (χ1) is 15.0. The minimum atomic E-state index is -4.00. The van der Waals surface area contributed by atoms with Gasteiger partial charge in [0, 0.05) is 6.20 Å². The van der Waals surface area contributed by atoms with Gasteiger partial charge in [-0.3, -0.25) is 32.9 Å². The lowest BCUT2D eigenvalue weighted by molar-refractivity contribution is -0.149. The van der Waals surface area contributed by atoms with Crippen LogP contribution in [-0.4, -0.2) is 60.3 Å². The molecule has 1 unspecified atom stereocenters. The van der Waals surface area contributed by atoms with Gasteiger partial charge in [0.15, 0.2) is 12.0 Å². The number of esters is 1. The monoisotopic (exact) mass is 469 g/mol. The van der Waals surface area contributed by atoms with Crippen molar-refractivity contribution < 1.29 is 42.0 Å². The molecule has 0 bridgehead atoms. The fourth-order valence-corrected chi connectivity index (χ4v) is 5.34. The summed E-state index contributed by atoms with van der Waals surface area (Å²) < 4.78 is 40.6. The molecular formula is C21H28NO9P. The maximum Gasteiger partial charge on any atom is 0.475 e. The topological polar surface area (TPSA) is 118 Å². The lowest BCUT2D eigenvalue weighted by Gasteiger charge is -2.37. The van der Waals surface area contributed by atoms with Crippen LogP contribution in [0.25, 0.3) is 0 Å². The molecule has 3 aliphatic rings. The number of ketones is 1. The molecule has 0 aliphatic carbocycles. The van der Waals surface area contributed by atoms with E-state index in [1.807, 2.05) is 0 Å². The Hall–Kier alpha value is -2.02. The minimum absolute atomic E-state index is 0.0611. The Balaban J connectivity index is 1.67. The van der Waals surface area contributed by atoms with Crippen molar-refractivity contribution >= 4 is 25.5 Å². The van der Waals surface area contributed by atoms with E-state index >= 15 is 0 Å². The molecule has 2 saturated heterocycles. The smallest absolute Gasteiger partial charge is 0.463 e. The average molecular weight is 469 g/mol. The van der Waals surface area contributed by atoms with E-state index in [4.69, 9.17) is 29.5 Å². The van der Waals surface area contributed by atoms with Crippen LogP contribution in [0.3, 0.4) is 0 Å². The van der Waals surface area contributed by atoms with Crippen LogP contribution < -0.4 is 0 Å². The molecule has 3 heterocycles. The van der Waals surface area contributed by atoms with E-state index < -0.39 is 37.6 Å². The summed E-state index contributed by atoms with van der Waals surface area (Å²) in [4.78, 5) is 36.9. The zero-order valence-corrected chi connectivity index (χ0v) is 19.4. The van der Waals surface area contributed by atoms with E-state index in [2.05, 4.69) is 5.92 Å².